The predicted octanol–water partition coefficient (Wildman–Crippen LogP) is 4.80. The van der Waals surface area contributed by atoms with Crippen LogP contribution in [-0.4, -0.2) is 49.1 Å². The van der Waals surface area contributed by atoms with Crippen LogP contribution in [0.3, 0.4) is 0 Å². The molecule has 0 aliphatic carbocycles. The number of carbonyl (C=O) groups is 1. The normalized spacial score (nSPS) is 16.2. The van der Waals surface area contributed by atoms with E-state index in [0.29, 0.717) is 13.1 Å². The van der Waals surface area contributed by atoms with Crippen molar-refractivity contribution in [3.8, 4) is 0 Å². The molecule has 5 nitrogen and oxygen atoms in total. The third-order valence-electron chi connectivity index (χ3n) is 5.57. The van der Waals surface area contributed by atoms with Crippen LogP contribution in [0.2, 0.25) is 0 Å². The van der Waals surface area contributed by atoms with Crippen LogP contribution >= 0.6 is 11.3 Å². The van der Waals surface area contributed by atoms with Gasteiger partial charge in [-0.05, 0) is 50.5 Å². The van der Waals surface area contributed by atoms with Crippen LogP contribution in [0, 0.1) is 13.8 Å². The highest BCUT2D eigenvalue weighted by molar-refractivity contribution is 7.13. The summed E-state index contributed by atoms with van der Waals surface area (Å²) in [5.74, 6) is 0.974. The number of anilines is 1. The van der Waals surface area contributed by atoms with Crippen LogP contribution in [0.15, 0.2) is 36.4 Å². The van der Waals surface area contributed by atoms with Gasteiger partial charge < -0.3 is 14.5 Å². The Hall–Kier alpha value is -2.44. The maximum absolute atomic E-state index is 13.4. The fourth-order valence-electron chi connectivity index (χ4n) is 4.05. The van der Waals surface area contributed by atoms with E-state index in [-0.39, 0.29) is 12.0 Å². The summed E-state index contributed by atoms with van der Waals surface area (Å²) in [5.41, 5.74) is 3.22. The largest absolute Gasteiger partial charge is 0.376 e. The summed E-state index contributed by atoms with van der Waals surface area (Å²) in [4.78, 5) is 24.2. The van der Waals surface area contributed by atoms with Crippen LogP contribution in [0.25, 0.3) is 10.9 Å². The van der Waals surface area contributed by atoms with Crippen LogP contribution in [-0.2, 0) is 11.3 Å². The maximum Gasteiger partial charge on any atom is 0.264 e. The van der Waals surface area contributed by atoms with Gasteiger partial charge in [0.25, 0.3) is 5.91 Å². The minimum absolute atomic E-state index is 0.0673. The van der Waals surface area contributed by atoms with Gasteiger partial charge in [0.2, 0.25) is 0 Å². The molecular weight excluding hydrogens is 394 g/mol. The lowest BCUT2D eigenvalue weighted by Crippen LogP contribution is -2.37. The third kappa shape index (κ3) is 4.35. The number of para-hydroxylation sites is 1. The molecule has 2 aromatic heterocycles. The van der Waals surface area contributed by atoms with E-state index in [0.717, 1.165) is 57.1 Å². The van der Waals surface area contributed by atoms with Crippen molar-refractivity contribution >= 4 is 34.0 Å². The number of amides is 1. The zero-order valence-corrected chi connectivity index (χ0v) is 19.0. The highest BCUT2D eigenvalue weighted by Crippen LogP contribution is 2.28. The summed E-state index contributed by atoms with van der Waals surface area (Å²) >= 11 is 1.55. The molecule has 3 aromatic rings. The lowest BCUT2D eigenvalue weighted by Gasteiger charge is -2.27. The van der Waals surface area contributed by atoms with Gasteiger partial charge in [0.05, 0.1) is 16.5 Å². The number of carbonyl (C=O) groups excluding carboxylic acids is 1. The van der Waals surface area contributed by atoms with Crippen molar-refractivity contribution in [1.82, 2.24) is 9.88 Å². The minimum Gasteiger partial charge on any atom is -0.376 e. The predicted molar refractivity (Wildman–Crippen MR) is 124 cm³/mol. The van der Waals surface area contributed by atoms with Crippen LogP contribution < -0.4 is 4.90 Å². The summed E-state index contributed by atoms with van der Waals surface area (Å²) in [7, 11) is 4.01. The van der Waals surface area contributed by atoms with Gasteiger partial charge in [0, 0.05) is 49.6 Å². The number of hydrogen-bond acceptors (Lipinski definition) is 5. The van der Waals surface area contributed by atoms with Crippen molar-refractivity contribution in [1.29, 1.82) is 0 Å². The van der Waals surface area contributed by atoms with Crippen molar-refractivity contribution in [2.75, 3.05) is 32.1 Å². The first-order chi connectivity index (χ1) is 14.4. The first-order valence-electron chi connectivity index (χ1n) is 10.5. The third-order valence-corrected chi connectivity index (χ3v) is 6.56. The van der Waals surface area contributed by atoms with E-state index in [1.54, 1.807) is 11.3 Å². The fraction of sp³-hybridized carbons (Fsp3) is 0.417. The Morgan fingerprint density at radius 2 is 2.07 bits per heavy atom. The Bertz CT molecular complexity index is 1050. The molecule has 1 saturated heterocycles. The second-order valence-corrected chi connectivity index (χ2v) is 9.53. The van der Waals surface area contributed by atoms with Crippen LogP contribution in [0.1, 0.15) is 38.5 Å². The molecule has 4 rings (SSSR count). The fourth-order valence-corrected chi connectivity index (χ4v) is 4.88. The van der Waals surface area contributed by atoms with Gasteiger partial charge in [-0.2, -0.15) is 0 Å². The topological polar surface area (TPSA) is 45.7 Å². The summed E-state index contributed by atoms with van der Waals surface area (Å²) < 4.78 is 5.86. The van der Waals surface area contributed by atoms with Crippen molar-refractivity contribution in [3.63, 3.8) is 0 Å². The number of ether oxygens (including phenoxy) is 1. The van der Waals surface area contributed by atoms with Gasteiger partial charge in [-0.25, -0.2) is 4.98 Å². The van der Waals surface area contributed by atoms with Gasteiger partial charge in [0.15, 0.2) is 0 Å². The number of fused-ring (bicyclic) bond motifs is 1. The monoisotopic (exact) mass is 423 g/mol. The van der Waals surface area contributed by atoms with E-state index in [1.807, 2.05) is 43.0 Å². The summed E-state index contributed by atoms with van der Waals surface area (Å²) in [6.45, 7) is 6.02. The molecule has 6 heteroatoms. The van der Waals surface area contributed by atoms with Gasteiger partial charge >= 0.3 is 0 Å². The Morgan fingerprint density at radius 3 is 2.73 bits per heavy atom. The van der Waals surface area contributed by atoms with E-state index in [9.17, 15) is 4.79 Å². The minimum atomic E-state index is 0.0673. The van der Waals surface area contributed by atoms with E-state index >= 15 is 0 Å². The molecule has 1 aliphatic rings. The summed E-state index contributed by atoms with van der Waals surface area (Å²) in [6.07, 6.45) is 2.17. The lowest BCUT2D eigenvalue weighted by molar-refractivity contribution is 0.0511. The number of pyridine rings is 1. The molecule has 0 bridgehead atoms. The van der Waals surface area contributed by atoms with Crippen molar-refractivity contribution in [2.24, 2.45) is 0 Å². The molecule has 0 radical (unpaired) electrons. The molecule has 1 aromatic carbocycles. The number of rotatable bonds is 6. The molecule has 1 unspecified atom stereocenters. The highest BCUT2D eigenvalue weighted by atomic mass is 32.1. The molecule has 0 spiro atoms. The summed E-state index contributed by atoms with van der Waals surface area (Å²) in [5, 5.41) is 1.10. The molecule has 1 atom stereocenters. The van der Waals surface area contributed by atoms with Crippen molar-refractivity contribution < 1.29 is 9.53 Å². The van der Waals surface area contributed by atoms with E-state index in [2.05, 4.69) is 31.2 Å². The lowest BCUT2D eigenvalue weighted by atomic mass is 10.1. The van der Waals surface area contributed by atoms with E-state index in [4.69, 9.17) is 9.72 Å². The molecular formula is C24H29N3O2S. The number of hydrogen-bond donors (Lipinski definition) is 0. The molecule has 3 heterocycles. The number of thiophene rings is 1. The number of aryl methyl sites for hydroxylation is 2. The Kier molecular flexibility index (Phi) is 6.06. The molecule has 1 fully saturated rings. The maximum atomic E-state index is 13.4. The first kappa shape index (κ1) is 20.8. The first-order valence-corrected chi connectivity index (χ1v) is 11.3. The van der Waals surface area contributed by atoms with E-state index in [1.165, 1.54) is 0 Å². The zero-order valence-electron chi connectivity index (χ0n) is 18.1. The van der Waals surface area contributed by atoms with Crippen molar-refractivity contribution in [2.45, 2.75) is 39.3 Å². The average Bonchev–Trinajstić information content (AvgIpc) is 3.38. The van der Waals surface area contributed by atoms with Crippen molar-refractivity contribution in [3.05, 3.63) is 57.3 Å². The number of aromatic nitrogens is 1. The van der Waals surface area contributed by atoms with Gasteiger partial charge in [0.1, 0.15) is 5.82 Å². The van der Waals surface area contributed by atoms with E-state index < -0.39 is 0 Å². The molecule has 158 valence electrons. The smallest absolute Gasteiger partial charge is 0.264 e. The molecule has 1 aliphatic heterocycles. The second kappa shape index (κ2) is 8.74. The Morgan fingerprint density at radius 1 is 1.23 bits per heavy atom. The van der Waals surface area contributed by atoms with Crippen LogP contribution in [0.5, 0.6) is 0 Å². The molecule has 1 amide bonds. The average molecular weight is 424 g/mol. The zero-order chi connectivity index (χ0) is 21.3. The molecule has 0 N–H and O–H groups in total. The Labute approximate surface area is 182 Å². The number of benzene rings is 1. The van der Waals surface area contributed by atoms with Gasteiger partial charge in [-0.3, -0.25) is 4.79 Å². The highest BCUT2D eigenvalue weighted by Gasteiger charge is 2.26. The summed E-state index contributed by atoms with van der Waals surface area (Å²) in [6, 6.07) is 12.4. The number of nitrogens with zero attached hydrogens (tertiary/aromatic N) is 3. The van der Waals surface area contributed by atoms with Gasteiger partial charge in [-0.15, -0.1) is 11.3 Å². The molecule has 30 heavy (non-hydrogen) atoms. The molecule has 0 saturated carbocycles. The van der Waals surface area contributed by atoms with Crippen LogP contribution in [0.4, 0.5) is 5.82 Å². The SMILES string of the molecule is Cc1ccc(C(=O)N(Cc2cc3cccc(C)c3nc2N(C)C)CC2CCCO2)s1. The second-order valence-electron chi connectivity index (χ2n) is 8.24. The standard InChI is InChI=1S/C24H29N3O2S/c1-16-7-5-8-18-13-19(23(26(3)4)25-22(16)18)14-27(15-20-9-6-12-29-20)24(28)21-11-10-17(2)30-21/h5,7-8,10-11,13,20H,6,9,12,14-15H2,1-4H3. The quantitative estimate of drug-likeness (QED) is 0.571. The van der Waals surface area contributed by atoms with Gasteiger partial charge in [-0.1, -0.05) is 18.2 Å². The Balaban J connectivity index is 1.71.